The second kappa shape index (κ2) is 7.83. The minimum Gasteiger partial charge on any atom is -0.497 e. The van der Waals surface area contributed by atoms with E-state index >= 15 is 0 Å². The van der Waals surface area contributed by atoms with Crippen molar-refractivity contribution in [3.63, 3.8) is 0 Å². The van der Waals surface area contributed by atoms with Gasteiger partial charge in [-0.1, -0.05) is 19.1 Å². The summed E-state index contributed by atoms with van der Waals surface area (Å²) in [5, 5.41) is 2.97. The molecule has 5 heteroatoms. The lowest BCUT2D eigenvalue weighted by Gasteiger charge is -2.09. The molecule has 3 rings (SSSR count). The Morgan fingerprint density at radius 1 is 1.16 bits per heavy atom. The van der Waals surface area contributed by atoms with Crippen LogP contribution in [0.1, 0.15) is 29.5 Å². The van der Waals surface area contributed by atoms with Crippen molar-refractivity contribution < 1.29 is 9.53 Å². The van der Waals surface area contributed by atoms with Crippen LogP contribution in [0, 0.1) is 0 Å². The summed E-state index contributed by atoms with van der Waals surface area (Å²) in [6.45, 7) is 3.64. The predicted octanol–water partition coefficient (Wildman–Crippen LogP) is 3.43. The quantitative estimate of drug-likeness (QED) is 0.719. The van der Waals surface area contributed by atoms with Gasteiger partial charge < -0.3 is 14.6 Å². The number of para-hydroxylation sites is 2. The van der Waals surface area contributed by atoms with Gasteiger partial charge in [0.15, 0.2) is 0 Å². The van der Waals surface area contributed by atoms with E-state index in [1.807, 2.05) is 18.2 Å². The van der Waals surface area contributed by atoms with E-state index in [9.17, 15) is 4.79 Å². The average Bonchev–Trinajstić information content (AvgIpc) is 3.00. The number of aryl methyl sites for hydroxylation is 1. The number of amides is 1. The summed E-state index contributed by atoms with van der Waals surface area (Å²) in [5.74, 6) is 1.67. The van der Waals surface area contributed by atoms with Gasteiger partial charge in [-0.15, -0.1) is 0 Å². The Morgan fingerprint density at radius 3 is 2.64 bits per heavy atom. The molecule has 0 radical (unpaired) electrons. The molecule has 130 valence electrons. The molecule has 1 heterocycles. The number of nitrogens with one attached hydrogen (secondary N) is 1. The van der Waals surface area contributed by atoms with Crippen molar-refractivity contribution in [1.82, 2.24) is 14.9 Å². The summed E-state index contributed by atoms with van der Waals surface area (Å²) in [5.41, 5.74) is 2.79. The lowest BCUT2D eigenvalue weighted by molar-refractivity contribution is 0.0954. The summed E-state index contributed by atoms with van der Waals surface area (Å²) in [7, 11) is 1.61. The van der Waals surface area contributed by atoms with Crippen LogP contribution in [-0.2, 0) is 13.0 Å². The third kappa shape index (κ3) is 3.82. The zero-order valence-electron chi connectivity index (χ0n) is 14.7. The number of nitrogens with zero attached hydrogens (tertiary/aromatic N) is 2. The number of benzene rings is 2. The molecule has 5 nitrogen and oxygen atoms in total. The molecule has 0 spiro atoms. The Morgan fingerprint density at radius 2 is 1.92 bits per heavy atom. The number of carbonyl (C=O) groups is 1. The molecular weight excluding hydrogens is 314 g/mol. The number of fused-ring (bicyclic) bond motifs is 1. The minimum absolute atomic E-state index is 0.0826. The summed E-state index contributed by atoms with van der Waals surface area (Å²) in [4.78, 5) is 17.0. The summed E-state index contributed by atoms with van der Waals surface area (Å²) < 4.78 is 7.36. The van der Waals surface area contributed by atoms with Crippen molar-refractivity contribution in [2.24, 2.45) is 0 Å². The van der Waals surface area contributed by atoms with Crippen molar-refractivity contribution in [3.8, 4) is 5.75 Å². The van der Waals surface area contributed by atoms with Crippen LogP contribution in [0.2, 0.25) is 0 Å². The lowest BCUT2D eigenvalue weighted by Crippen LogP contribution is -2.26. The SMILES string of the molecule is CCCn1c(CCNC(=O)c2ccc(OC)cc2)nc2ccccc21. The highest BCUT2D eigenvalue weighted by Gasteiger charge is 2.11. The van der Waals surface area contributed by atoms with Crippen LogP contribution in [0.5, 0.6) is 5.75 Å². The van der Waals surface area contributed by atoms with Crippen LogP contribution in [0.25, 0.3) is 11.0 Å². The molecule has 1 amide bonds. The van der Waals surface area contributed by atoms with Crippen LogP contribution < -0.4 is 10.1 Å². The third-order valence-corrected chi connectivity index (χ3v) is 4.17. The molecule has 0 aliphatic carbocycles. The molecule has 0 aliphatic rings. The number of ether oxygens (including phenoxy) is 1. The first-order valence-corrected chi connectivity index (χ1v) is 8.59. The Bertz CT molecular complexity index is 853. The van der Waals surface area contributed by atoms with Crippen molar-refractivity contribution in [2.45, 2.75) is 26.3 Å². The van der Waals surface area contributed by atoms with Gasteiger partial charge in [-0.25, -0.2) is 4.98 Å². The molecule has 1 N–H and O–H groups in total. The fourth-order valence-electron chi connectivity index (χ4n) is 2.92. The van der Waals surface area contributed by atoms with Gasteiger partial charge in [-0.2, -0.15) is 0 Å². The van der Waals surface area contributed by atoms with Crippen LogP contribution >= 0.6 is 0 Å². The monoisotopic (exact) mass is 337 g/mol. The molecule has 0 unspecified atom stereocenters. The van der Waals surface area contributed by atoms with E-state index in [-0.39, 0.29) is 5.91 Å². The Kier molecular flexibility index (Phi) is 5.33. The van der Waals surface area contributed by atoms with Crippen molar-refractivity contribution in [2.75, 3.05) is 13.7 Å². The first-order valence-electron chi connectivity index (χ1n) is 8.59. The standard InChI is InChI=1S/C20H23N3O2/c1-3-14-23-18-7-5-4-6-17(18)22-19(23)12-13-21-20(24)15-8-10-16(25-2)11-9-15/h4-11H,3,12-14H2,1-2H3,(H,21,24). The number of aromatic nitrogens is 2. The van der Waals surface area contributed by atoms with Crippen LogP contribution in [-0.4, -0.2) is 29.1 Å². The molecule has 0 bridgehead atoms. The Hall–Kier alpha value is -2.82. The first-order chi connectivity index (χ1) is 12.2. The predicted molar refractivity (Wildman–Crippen MR) is 99.1 cm³/mol. The zero-order valence-corrected chi connectivity index (χ0v) is 14.7. The first kappa shape index (κ1) is 17.0. The van der Waals surface area contributed by atoms with Crippen molar-refractivity contribution >= 4 is 16.9 Å². The fraction of sp³-hybridized carbons (Fsp3) is 0.300. The number of hydrogen-bond donors (Lipinski definition) is 1. The average molecular weight is 337 g/mol. The van der Waals surface area contributed by atoms with Gasteiger partial charge in [0, 0.05) is 25.1 Å². The zero-order chi connectivity index (χ0) is 17.6. The van der Waals surface area contributed by atoms with E-state index < -0.39 is 0 Å². The summed E-state index contributed by atoms with van der Waals surface area (Å²) in [6.07, 6.45) is 1.75. The number of methoxy groups -OCH3 is 1. The van der Waals surface area contributed by atoms with E-state index in [0.717, 1.165) is 35.6 Å². The van der Waals surface area contributed by atoms with Gasteiger partial charge in [-0.05, 0) is 42.8 Å². The maximum atomic E-state index is 12.2. The maximum Gasteiger partial charge on any atom is 0.251 e. The lowest BCUT2D eigenvalue weighted by atomic mass is 10.2. The van der Waals surface area contributed by atoms with Crippen molar-refractivity contribution in [1.29, 1.82) is 0 Å². The molecule has 0 aliphatic heterocycles. The molecule has 0 saturated carbocycles. The minimum atomic E-state index is -0.0826. The highest BCUT2D eigenvalue weighted by atomic mass is 16.5. The highest BCUT2D eigenvalue weighted by Crippen LogP contribution is 2.17. The largest absolute Gasteiger partial charge is 0.497 e. The molecule has 0 fully saturated rings. The molecule has 0 saturated heterocycles. The second-order valence-electron chi connectivity index (χ2n) is 5.90. The maximum absolute atomic E-state index is 12.2. The van der Waals surface area contributed by atoms with Gasteiger partial charge >= 0.3 is 0 Å². The van der Waals surface area contributed by atoms with Gasteiger partial charge in [0.2, 0.25) is 0 Å². The third-order valence-electron chi connectivity index (χ3n) is 4.17. The number of imidazole rings is 1. The van der Waals surface area contributed by atoms with E-state index in [4.69, 9.17) is 9.72 Å². The highest BCUT2D eigenvalue weighted by molar-refractivity contribution is 5.94. The second-order valence-corrected chi connectivity index (χ2v) is 5.90. The van der Waals surface area contributed by atoms with Gasteiger partial charge in [0.05, 0.1) is 18.1 Å². The van der Waals surface area contributed by atoms with Crippen LogP contribution in [0.15, 0.2) is 48.5 Å². The van der Waals surface area contributed by atoms with Crippen molar-refractivity contribution in [3.05, 3.63) is 59.9 Å². The number of carbonyl (C=O) groups excluding carboxylic acids is 1. The molecule has 3 aromatic rings. The molecular formula is C20H23N3O2. The van der Waals surface area contributed by atoms with E-state index in [1.54, 1.807) is 31.4 Å². The van der Waals surface area contributed by atoms with E-state index in [2.05, 4.69) is 22.9 Å². The van der Waals surface area contributed by atoms with E-state index in [1.165, 1.54) is 0 Å². The Labute approximate surface area is 147 Å². The molecule has 1 aromatic heterocycles. The number of hydrogen-bond acceptors (Lipinski definition) is 3. The molecule has 2 aromatic carbocycles. The molecule has 25 heavy (non-hydrogen) atoms. The topological polar surface area (TPSA) is 56.2 Å². The Balaban J connectivity index is 1.66. The van der Waals surface area contributed by atoms with Gasteiger partial charge in [0.25, 0.3) is 5.91 Å². The van der Waals surface area contributed by atoms with Gasteiger partial charge in [0.1, 0.15) is 11.6 Å². The van der Waals surface area contributed by atoms with Crippen LogP contribution in [0.4, 0.5) is 0 Å². The molecule has 0 atom stereocenters. The van der Waals surface area contributed by atoms with Gasteiger partial charge in [-0.3, -0.25) is 4.79 Å². The van der Waals surface area contributed by atoms with E-state index in [0.29, 0.717) is 18.5 Å². The summed E-state index contributed by atoms with van der Waals surface area (Å²) >= 11 is 0. The van der Waals surface area contributed by atoms with Crippen LogP contribution in [0.3, 0.4) is 0 Å². The fourth-order valence-corrected chi connectivity index (χ4v) is 2.92. The number of rotatable bonds is 7. The smallest absolute Gasteiger partial charge is 0.251 e. The summed E-state index contributed by atoms with van der Waals surface area (Å²) in [6, 6.07) is 15.3. The normalized spacial score (nSPS) is 10.8.